The highest BCUT2D eigenvalue weighted by Crippen LogP contribution is 2.22. The van der Waals surface area contributed by atoms with Crippen LogP contribution in [0.15, 0.2) is 29.3 Å². The summed E-state index contributed by atoms with van der Waals surface area (Å²) < 4.78 is 0. The first-order valence-electron chi connectivity index (χ1n) is 10.3. The molecule has 0 aliphatic carbocycles. The van der Waals surface area contributed by atoms with Gasteiger partial charge in [0.1, 0.15) is 6.54 Å². The molecule has 0 saturated carbocycles. The molecule has 0 radical (unpaired) electrons. The molecule has 8 heteroatoms. The van der Waals surface area contributed by atoms with Crippen molar-refractivity contribution in [3.8, 4) is 0 Å². The number of hydrogen-bond acceptors (Lipinski definition) is 3. The maximum absolute atomic E-state index is 12.4. The van der Waals surface area contributed by atoms with Crippen LogP contribution >= 0.6 is 24.0 Å². The number of rotatable bonds is 7. The summed E-state index contributed by atoms with van der Waals surface area (Å²) in [6, 6.07) is 8.22. The molecule has 0 atom stereocenters. The van der Waals surface area contributed by atoms with Crippen LogP contribution in [0.3, 0.4) is 0 Å². The summed E-state index contributed by atoms with van der Waals surface area (Å²) in [6.45, 7) is 6.66. The van der Waals surface area contributed by atoms with E-state index in [4.69, 9.17) is 0 Å². The Morgan fingerprint density at radius 3 is 2.28 bits per heavy atom. The highest BCUT2D eigenvalue weighted by atomic mass is 127. The quantitative estimate of drug-likeness (QED) is 0.254. The Morgan fingerprint density at radius 2 is 1.66 bits per heavy atom. The lowest BCUT2D eigenvalue weighted by atomic mass is 10.1. The third kappa shape index (κ3) is 6.87. The molecular weight excluding hydrogens is 481 g/mol. The Hall–Kier alpha value is -1.84. The lowest BCUT2D eigenvalue weighted by Gasteiger charge is -2.16. The van der Waals surface area contributed by atoms with Crippen molar-refractivity contribution in [2.24, 2.45) is 4.99 Å². The number of benzene rings is 1. The lowest BCUT2D eigenvalue weighted by Crippen LogP contribution is -2.39. The van der Waals surface area contributed by atoms with Gasteiger partial charge in [0.15, 0.2) is 5.96 Å². The summed E-state index contributed by atoms with van der Waals surface area (Å²) in [5.41, 5.74) is 2.50. The Kier molecular flexibility index (Phi) is 9.69. The molecule has 1 fully saturated rings. The Morgan fingerprint density at radius 1 is 1.00 bits per heavy atom. The van der Waals surface area contributed by atoms with E-state index >= 15 is 0 Å². The van der Waals surface area contributed by atoms with Crippen molar-refractivity contribution in [1.82, 2.24) is 20.4 Å². The highest BCUT2D eigenvalue weighted by Gasteiger charge is 2.22. The summed E-state index contributed by atoms with van der Waals surface area (Å²) in [7, 11) is 0. The molecule has 160 valence electrons. The van der Waals surface area contributed by atoms with Crippen molar-refractivity contribution in [3.05, 3.63) is 35.4 Å². The third-order valence-electron chi connectivity index (χ3n) is 5.23. The first kappa shape index (κ1) is 23.4. The summed E-state index contributed by atoms with van der Waals surface area (Å²) in [4.78, 5) is 32.8. The van der Waals surface area contributed by atoms with Crippen molar-refractivity contribution in [3.63, 3.8) is 0 Å². The van der Waals surface area contributed by atoms with E-state index in [-0.39, 0.29) is 42.3 Å². The van der Waals surface area contributed by atoms with E-state index in [2.05, 4.69) is 27.8 Å². The predicted molar refractivity (Wildman–Crippen MR) is 125 cm³/mol. The molecular formula is C21H32IN5O2. The number of likely N-dealkylation sites (tertiary alicyclic amines) is 1. The Labute approximate surface area is 190 Å². The average Bonchev–Trinajstić information content (AvgIpc) is 3.38. The van der Waals surface area contributed by atoms with Gasteiger partial charge in [0.2, 0.25) is 11.8 Å². The van der Waals surface area contributed by atoms with Gasteiger partial charge in [-0.25, -0.2) is 4.99 Å². The van der Waals surface area contributed by atoms with Gasteiger partial charge in [-0.1, -0.05) is 24.3 Å². The van der Waals surface area contributed by atoms with E-state index < -0.39 is 0 Å². The average molecular weight is 513 g/mol. The van der Waals surface area contributed by atoms with E-state index in [1.807, 2.05) is 28.9 Å². The molecule has 29 heavy (non-hydrogen) atoms. The standard InChI is InChI=1S/C21H31N5O2.HI/c1-2-22-21(24-14-20(28)25-12-5-6-13-25)23-11-7-10-19(27)26-15-17-8-3-4-9-18(17)16-26;/h3-4,8-9H,2,5-7,10-16H2,1H3,(H2,22,23,24);1H. The molecule has 7 nitrogen and oxygen atoms in total. The SMILES string of the molecule is CCNC(=NCC(=O)N1CCCC1)NCCCC(=O)N1Cc2ccccc2C1.I. The van der Waals surface area contributed by atoms with Crippen LogP contribution in [0, 0.1) is 0 Å². The van der Waals surface area contributed by atoms with Crippen molar-refractivity contribution < 1.29 is 9.59 Å². The normalized spacial score (nSPS) is 15.7. The van der Waals surface area contributed by atoms with Crippen molar-refractivity contribution >= 4 is 41.8 Å². The van der Waals surface area contributed by atoms with E-state index in [1.54, 1.807) is 0 Å². The molecule has 2 heterocycles. The maximum atomic E-state index is 12.4. The van der Waals surface area contributed by atoms with Crippen LogP contribution < -0.4 is 10.6 Å². The zero-order valence-corrected chi connectivity index (χ0v) is 19.5. The van der Waals surface area contributed by atoms with Gasteiger partial charge < -0.3 is 20.4 Å². The number of aliphatic imine (C=N–C) groups is 1. The molecule has 1 aromatic carbocycles. The minimum atomic E-state index is 0. The van der Waals surface area contributed by atoms with Crippen LogP contribution in [0.2, 0.25) is 0 Å². The van der Waals surface area contributed by atoms with Gasteiger partial charge in [0, 0.05) is 45.7 Å². The molecule has 0 unspecified atom stereocenters. The third-order valence-corrected chi connectivity index (χ3v) is 5.23. The second-order valence-corrected chi connectivity index (χ2v) is 7.33. The molecule has 1 aromatic rings. The Balaban J connectivity index is 0.00000300. The van der Waals surface area contributed by atoms with Gasteiger partial charge in [-0.05, 0) is 37.3 Å². The van der Waals surface area contributed by atoms with Crippen molar-refractivity contribution in [2.45, 2.75) is 45.7 Å². The van der Waals surface area contributed by atoms with Crippen LogP contribution in [-0.4, -0.2) is 60.3 Å². The fourth-order valence-electron chi connectivity index (χ4n) is 3.67. The molecule has 2 amide bonds. The molecule has 0 spiro atoms. The van der Waals surface area contributed by atoms with E-state index in [0.717, 1.165) is 38.9 Å². The van der Waals surface area contributed by atoms with Crippen molar-refractivity contribution in [1.29, 1.82) is 0 Å². The molecule has 2 aliphatic rings. The summed E-state index contributed by atoms with van der Waals surface area (Å²) in [5.74, 6) is 0.902. The number of fused-ring (bicyclic) bond motifs is 1. The summed E-state index contributed by atoms with van der Waals surface area (Å²) in [6.07, 6.45) is 3.41. The second kappa shape index (κ2) is 12.0. The number of carbonyl (C=O) groups excluding carboxylic acids is 2. The number of halogens is 1. The van der Waals surface area contributed by atoms with Gasteiger partial charge >= 0.3 is 0 Å². The van der Waals surface area contributed by atoms with E-state index in [1.165, 1.54) is 11.1 Å². The first-order chi connectivity index (χ1) is 13.7. The zero-order chi connectivity index (χ0) is 19.8. The smallest absolute Gasteiger partial charge is 0.244 e. The lowest BCUT2D eigenvalue weighted by molar-refractivity contribution is -0.132. The number of amides is 2. The van der Waals surface area contributed by atoms with Crippen LogP contribution in [0.4, 0.5) is 0 Å². The van der Waals surface area contributed by atoms with E-state index in [0.29, 0.717) is 32.0 Å². The number of carbonyl (C=O) groups is 2. The second-order valence-electron chi connectivity index (χ2n) is 7.33. The molecule has 0 bridgehead atoms. The van der Waals surface area contributed by atoms with Crippen LogP contribution in [-0.2, 0) is 22.7 Å². The number of nitrogens with one attached hydrogen (secondary N) is 2. The van der Waals surface area contributed by atoms with Crippen LogP contribution in [0.1, 0.15) is 43.7 Å². The predicted octanol–water partition coefficient (Wildman–Crippen LogP) is 2.10. The molecule has 2 aliphatic heterocycles. The Bertz CT molecular complexity index is 694. The highest BCUT2D eigenvalue weighted by molar-refractivity contribution is 14.0. The summed E-state index contributed by atoms with van der Waals surface area (Å²) >= 11 is 0. The topological polar surface area (TPSA) is 77.0 Å². The van der Waals surface area contributed by atoms with Gasteiger partial charge in [-0.3, -0.25) is 9.59 Å². The maximum Gasteiger partial charge on any atom is 0.244 e. The van der Waals surface area contributed by atoms with Crippen LogP contribution in [0.5, 0.6) is 0 Å². The van der Waals surface area contributed by atoms with Gasteiger partial charge in [0.05, 0.1) is 0 Å². The van der Waals surface area contributed by atoms with Crippen molar-refractivity contribution in [2.75, 3.05) is 32.7 Å². The number of guanidine groups is 1. The van der Waals surface area contributed by atoms with Gasteiger partial charge in [-0.15, -0.1) is 24.0 Å². The molecule has 0 aromatic heterocycles. The summed E-state index contributed by atoms with van der Waals surface area (Å²) in [5, 5.41) is 6.38. The zero-order valence-electron chi connectivity index (χ0n) is 17.2. The minimum Gasteiger partial charge on any atom is -0.357 e. The first-order valence-corrected chi connectivity index (χ1v) is 10.3. The molecule has 2 N–H and O–H groups in total. The monoisotopic (exact) mass is 513 g/mol. The minimum absolute atomic E-state index is 0. The number of nitrogens with zero attached hydrogens (tertiary/aromatic N) is 3. The molecule has 3 rings (SSSR count). The number of hydrogen-bond donors (Lipinski definition) is 2. The largest absolute Gasteiger partial charge is 0.357 e. The fourth-order valence-corrected chi connectivity index (χ4v) is 3.67. The molecule has 1 saturated heterocycles. The van der Waals surface area contributed by atoms with Gasteiger partial charge in [-0.2, -0.15) is 0 Å². The van der Waals surface area contributed by atoms with E-state index in [9.17, 15) is 9.59 Å². The fraction of sp³-hybridized carbons (Fsp3) is 0.571. The van der Waals surface area contributed by atoms with Crippen LogP contribution in [0.25, 0.3) is 0 Å². The van der Waals surface area contributed by atoms with Gasteiger partial charge in [0.25, 0.3) is 0 Å².